The second-order valence-electron chi connectivity index (χ2n) is 11.9. The average molecular weight is 589 g/mol. The molecule has 216 valence electrons. The van der Waals surface area contributed by atoms with Crippen molar-refractivity contribution in [1.29, 1.82) is 5.26 Å². The Morgan fingerprint density at radius 2 is 1.33 bits per heavy atom. The minimum Gasteiger partial charge on any atom is -0.455 e. The maximum absolute atomic E-state index is 9.92. The van der Waals surface area contributed by atoms with Crippen LogP contribution in [-0.4, -0.2) is 4.57 Å². The number of allylic oxidation sites excluding steroid dienone is 4. The Morgan fingerprint density at radius 1 is 0.587 bits per heavy atom. The standard InChI is InChI=1S/C43H28N2O/c44-27-28-20-22-41(45-39-18-6-4-14-34(39)35-15-5-7-19-40(35)45)37(24-28)32-13-8-12-31(25-32)33-16-9-17-36-38-26-30(29-10-2-1-3-11-29)21-23-42(38)46-43(33)36/h2,4-26H,1,3H2. The van der Waals surface area contributed by atoms with Crippen LogP contribution in [0.2, 0.25) is 0 Å². The van der Waals surface area contributed by atoms with Gasteiger partial charge in [-0.2, -0.15) is 5.26 Å². The lowest BCUT2D eigenvalue weighted by molar-refractivity contribution is 0.670. The molecule has 3 nitrogen and oxygen atoms in total. The summed E-state index contributed by atoms with van der Waals surface area (Å²) in [7, 11) is 0. The highest BCUT2D eigenvalue weighted by Gasteiger charge is 2.18. The van der Waals surface area contributed by atoms with Crippen LogP contribution in [0.5, 0.6) is 0 Å². The number of para-hydroxylation sites is 3. The van der Waals surface area contributed by atoms with Gasteiger partial charge in [0.1, 0.15) is 11.2 Å². The molecule has 0 aliphatic heterocycles. The summed E-state index contributed by atoms with van der Waals surface area (Å²) in [6.07, 6.45) is 8.96. The number of nitriles is 1. The van der Waals surface area contributed by atoms with E-state index in [2.05, 4.69) is 144 Å². The van der Waals surface area contributed by atoms with Crippen molar-refractivity contribution >= 4 is 49.3 Å². The van der Waals surface area contributed by atoms with Gasteiger partial charge >= 0.3 is 0 Å². The number of aromatic nitrogens is 1. The molecule has 1 aliphatic rings. The molecular weight excluding hydrogens is 560 g/mol. The molecule has 8 aromatic rings. The highest BCUT2D eigenvalue weighted by molar-refractivity contribution is 6.11. The normalized spacial score (nSPS) is 13.1. The Labute approximate surface area is 266 Å². The van der Waals surface area contributed by atoms with E-state index in [9.17, 15) is 5.26 Å². The molecule has 0 unspecified atom stereocenters. The molecule has 1 aliphatic carbocycles. The average Bonchev–Trinajstić information content (AvgIpc) is 3.67. The SMILES string of the molecule is N#Cc1ccc(-n2c3ccccc3c3ccccc32)c(-c2cccc(-c3cccc4c3oc3ccc(C5=CCCC=C5)cc34)c2)c1. The molecule has 0 amide bonds. The lowest BCUT2D eigenvalue weighted by atomic mass is 9.95. The molecule has 0 radical (unpaired) electrons. The van der Waals surface area contributed by atoms with Crippen molar-refractivity contribution in [3.8, 4) is 34.0 Å². The molecule has 2 heterocycles. The van der Waals surface area contributed by atoms with Gasteiger partial charge in [-0.1, -0.05) is 97.1 Å². The second-order valence-corrected chi connectivity index (χ2v) is 11.9. The van der Waals surface area contributed by atoms with Crippen LogP contribution in [0.15, 0.2) is 150 Å². The number of rotatable bonds is 4. The van der Waals surface area contributed by atoms with E-state index in [0.29, 0.717) is 5.56 Å². The van der Waals surface area contributed by atoms with E-state index >= 15 is 0 Å². The monoisotopic (exact) mass is 588 g/mol. The number of hydrogen-bond donors (Lipinski definition) is 0. The largest absolute Gasteiger partial charge is 0.455 e. The molecule has 3 heteroatoms. The number of hydrogen-bond acceptors (Lipinski definition) is 2. The first-order valence-corrected chi connectivity index (χ1v) is 15.7. The van der Waals surface area contributed by atoms with Gasteiger partial charge in [-0.3, -0.25) is 0 Å². The van der Waals surface area contributed by atoms with Gasteiger partial charge in [0, 0.05) is 32.7 Å². The molecule has 0 bridgehead atoms. The van der Waals surface area contributed by atoms with E-state index in [4.69, 9.17) is 4.42 Å². The molecule has 6 aromatic carbocycles. The van der Waals surface area contributed by atoms with Crippen molar-refractivity contribution in [2.75, 3.05) is 0 Å². The first kappa shape index (κ1) is 26.3. The van der Waals surface area contributed by atoms with E-state index in [1.165, 1.54) is 21.9 Å². The van der Waals surface area contributed by atoms with Crippen LogP contribution in [0.4, 0.5) is 0 Å². The first-order chi connectivity index (χ1) is 22.8. The number of nitrogens with zero attached hydrogens (tertiary/aromatic N) is 2. The van der Waals surface area contributed by atoms with Crippen LogP contribution >= 0.6 is 0 Å². The third-order valence-electron chi connectivity index (χ3n) is 9.26. The Balaban J connectivity index is 1.23. The van der Waals surface area contributed by atoms with Crippen molar-refractivity contribution < 1.29 is 4.42 Å². The second kappa shape index (κ2) is 10.5. The minimum atomic E-state index is 0.628. The van der Waals surface area contributed by atoms with E-state index in [1.807, 2.05) is 12.1 Å². The molecule has 0 saturated heterocycles. The third kappa shape index (κ3) is 4.12. The predicted octanol–water partition coefficient (Wildman–Crippen LogP) is 11.6. The molecule has 0 N–H and O–H groups in total. The van der Waals surface area contributed by atoms with Crippen LogP contribution in [0, 0.1) is 11.3 Å². The van der Waals surface area contributed by atoms with Gasteiger partial charge < -0.3 is 8.98 Å². The quantitative estimate of drug-likeness (QED) is 0.205. The van der Waals surface area contributed by atoms with Gasteiger partial charge in [0.05, 0.1) is 28.4 Å². The fourth-order valence-electron chi connectivity index (χ4n) is 7.10. The lowest BCUT2D eigenvalue weighted by Crippen LogP contribution is -1.98. The Morgan fingerprint density at radius 3 is 2.09 bits per heavy atom. The zero-order valence-electron chi connectivity index (χ0n) is 25.1. The lowest BCUT2D eigenvalue weighted by Gasteiger charge is -2.15. The molecule has 46 heavy (non-hydrogen) atoms. The van der Waals surface area contributed by atoms with Gasteiger partial charge in [-0.15, -0.1) is 0 Å². The summed E-state index contributed by atoms with van der Waals surface area (Å²) in [5.41, 5.74) is 12.3. The van der Waals surface area contributed by atoms with Crippen LogP contribution < -0.4 is 0 Å². The summed E-state index contributed by atoms with van der Waals surface area (Å²) in [4.78, 5) is 0. The van der Waals surface area contributed by atoms with Gasteiger partial charge in [0.25, 0.3) is 0 Å². The van der Waals surface area contributed by atoms with Crippen molar-refractivity contribution in [1.82, 2.24) is 4.57 Å². The van der Waals surface area contributed by atoms with Gasteiger partial charge in [0.2, 0.25) is 0 Å². The minimum absolute atomic E-state index is 0.628. The number of benzene rings is 6. The molecule has 2 aromatic heterocycles. The van der Waals surface area contributed by atoms with Crippen LogP contribution in [0.25, 0.3) is 77.3 Å². The van der Waals surface area contributed by atoms with E-state index < -0.39 is 0 Å². The zero-order chi connectivity index (χ0) is 30.6. The third-order valence-corrected chi connectivity index (χ3v) is 9.26. The maximum atomic E-state index is 9.92. The van der Waals surface area contributed by atoms with Crippen molar-refractivity contribution in [2.45, 2.75) is 12.8 Å². The van der Waals surface area contributed by atoms with Crippen LogP contribution in [-0.2, 0) is 0 Å². The van der Waals surface area contributed by atoms with Gasteiger partial charge in [0.15, 0.2) is 0 Å². The summed E-state index contributed by atoms with van der Waals surface area (Å²) in [6, 6.07) is 46.9. The maximum Gasteiger partial charge on any atom is 0.143 e. The highest BCUT2D eigenvalue weighted by Crippen LogP contribution is 2.40. The fraction of sp³-hybridized carbons (Fsp3) is 0.0465. The number of furan rings is 1. The number of fused-ring (bicyclic) bond motifs is 6. The van der Waals surface area contributed by atoms with Crippen molar-refractivity contribution in [3.05, 3.63) is 157 Å². The van der Waals surface area contributed by atoms with Crippen molar-refractivity contribution in [2.24, 2.45) is 0 Å². The molecule has 0 fully saturated rings. The zero-order valence-corrected chi connectivity index (χ0v) is 25.1. The highest BCUT2D eigenvalue weighted by atomic mass is 16.3. The van der Waals surface area contributed by atoms with Crippen LogP contribution in [0.3, 0.4) is 0 Å². The summed E-state index contributed by atoms with van der Waals surface area (Å²) < 4.78 is 8.88. The van der Waals surface area contributed by atoms with E-state index in [-0.39, 0.29) is 0 Å². The summed E-state index contributed by atoms with van der Waals surface area (Å²) in [5, 5.41) is 14.6. The molecule has 0 saturated carbocycles. The molecule has 0 spiro atoms. The van der Waals surface area contributed by atoms with E-state index in [0.717, 1.165) is 73.8 Å². The summed E-state index contributed by atoms with van der Waals surface area (Å²) >= 11 is 0. The molecule has 9 rings (SSSR count). The molecule has 0 atom stereocenters. The molecular formula is C43H28N2O. The van der Waals surface area contributed by atoms with Crippen molar-refractivity contribution in [3.63, 3.8) is 0 Å². The van der Waals surface area contributed by atoms with Gasteiger partial charge in [-0.25, -0.2) is 0 Å². The first-order valence-electron chi connectivity index (χ1n) is 15.7. The fourth-order valence-corrected chi connectivity index (χ4v) is 7.10. The topological polar surface area (TPSA) is 41.9 Å². The summed E-state index contributed by atoms with van der Waals surface area (Å²) in [5.74, 6) is 0. The summed E-state index contributed by atoms with van der Waals surface area (Å²) in [6.45, 7) is 0. The predicted molar refractivity (Wildman–Crippen MR) is 190 cm³/mol. The van der Waals surface area contributed by atoms with E-state index in [1.54, 1.807) is 0 Å². The Hall–Kier alpha value is -6.11. The van der Waals surface area contributed by atoms with Crippen LogP contribution in [0.1, 0.15) is 24.0 Å². The smallest absolute Gasteiger partial charge is 0.143 e. The van der Waals surface area contributed by atoms with Gasteiger partial charge in [-0.05, 0) is 83.6 Å². The Bertz CT molecular complexity index is 2550. The Kier molecular flexibility index (Phi) is 6.01.